The summed E-state index contributed by atoms with van der Waals surface area (Å²) in [7, 11) is 1.82. The third-order valence-corrected chi connectivity index (χ3v) is 4.75. The van der Waals surface area contributed by atoms with Crippen molar-refractivity contribution in [2.24, 2.45) is 5.92 Å². The van der Waals surface area contributed by atoms with Gasteiger partial charge in [0.1, 0.15) is 0 Å². The number of nitrogens with zero attached hydrogens (tertiary/aromatic N) is 1. The highest BCUT2D eigenvalue weighted by atomic mass is 16.5. The van der Waals surface area contributed by atoms with Gasteiger partial charge in [-0.05, 0) is 49.4 Å². The number of ether oxygens (including phenoxy) is 1. The molecule has 2 aliphatic heterocycles. The highest BCUT2D eigenvalue weighted by Gasteiger charge is 2.23. The molecule has 1 atom stereocenters. The molecular formula is C17H26N2O. The van der Waals surface area contributed by atoms with Gasteiger partial charge in [-0.1, -0.05) is 24.3 Å². The molecule has 0 saturated carbocycles. The van der Waals surface area contributed by atoms with Gasteiger partial charge < -0.3 is 15.0 Å². The summed E-state index contributed by atoms with van der Waals surface area (Å²) in [5, 5.41) is 3.69. The number of nitrogens with one attached hydrogen (secondary N) is 1. The Morgan fingerprint density at radius 2 is 1.95 bits per heavy atom. The van der Waals surface area contributed by atoms with Crippen molar-refractivity contribution >= 4 is 0 Å². The zero-order chi connectivity index (χ0) is 13.8. The highest BCUT2D eigenvalue weighted by molar-refractivity contribution is 5.29. The number of hydrogen-bond acceptors (Lipinski definition) is 3. The van der Waals surface area contributed by atoms with E-state index in [1.807, 2.05) is 7.11 Å². The van der Waals surface area contributed by atoms with Gasteiger partial charge in [-0.3, -0.25) is 0 Å². The topological polar surface area (TPSA) is 24.5 Å². The Labute approximate surface area is 122 Å². The van der Waals surface area contributed by atoms with E-state index in [4.69, 9.17) is 4.74 Å². The summed E-state index contributed by atoms with van der Waals surface area (Å²) in [5.41, 5.74) is 3.01. The fourth-order valence-corrected chi connectivity index (χ4v) is 3.53. The normalized spacial score (nSPS) is 24.6. The molecule has 0 aromatic heterocycles. The quantitative estimate of drug-likeness (QED) is 0.909. The van der Waals surface area contributed by atoms with E-state index in [-0.39, 0.29) is 0 Å². The number of piperidine rings is 1. The van der Waals surface area contributed by atoms with Gasteiger partial charge in [0.15, 0.2) is 0 Å². The van der Waals surface area contributed by atoms with Crippen LogP contribution in [0, 0.1) is 5.92 Å². The summed E-state index contributed by atoms with van der Waals surface area (Å²) in [6.07, 6.45) is 3.75. The summed E-state index contributed by atoms with van der Waals surface area (Å²) in [5.74, 6) is 0.774. The van der Waals surface area contributed by atoms with Crippen LogP contribution in [-0.2, 0) is 17.7 Å². The van der Waals surface area contributed by atoms with Crippen LogP contribution < -0.4 is 5.32 Å². The van der Waals surface area contributed by atoms with Crippen LogP contribution in [0.5, 0.6) is 0 Å². The van der Waals surface area contributed by atoms with Gasteiger partial charge in [0.05, 0.1) is 0 Å². The zero-order valence-corrected chi connectivity index (χ0v) is 12.5. The van der Waals surface area contributed by atoms with Gasteiger partial charge in [-0.2, -0.15) is 0 Å². The molecule has 0 spiro atoms. The molecule has 0 bridgehead atoms. The van der Waals surface area contributed by atoms with Crippen LogP contribution in [0.2, 0.25) is 0 Å². The van der Waals surface area contributed by atoms with Gasteiger partial charge in [0.2, 0.25) is 0 Å². The molecular weight excluding hydrogens is 248 g/mol. The second-order valence-electron chi connectivity index (χ2n) is 6.25. The highest BCUT2D eigenvalue weighted by Crippen LogP contribution is 2.20. The maximum Gasteiger partial charge on any atom is 0.0491 e. The van der Waals surface area contributed by atoms with Gasteiger partial charge in [-0.25, -0.2) is 0 Å². The molecule has 110 valence electrons. The van der Waals surface area contributed by atoms with E-state index >= 15 is 0 Å². The number of methoxy groups -OCH3 is 1. The SMILES string of the molecule is COCC1CCN(CC2Cc3ccccc3CN2)CC1. The zero-order valence-electron chi connectivity index (χ0n) is 12.5. The Kier molecular flexibility index (Phi) is 4.71. The second kappa shape index (κ2) is 6.70. The number of fused-ring (bicyclic) bond motifs is 1. The van der Waals surface area contributed by atoms with Crippen LogP contribution in [0.25, 0.3) is 0 Å². The van der Waals surface area contributed by atoms with Gasteiger partial charge >= 0.3 is 0 Å². The first-order valence-corrected chi connectivity index (χ1v) is 7.86. The lowest BCUT2D eigenvalue weighted by atomic mass is 9.94. The van der Waals surface area contributed by atoms with Crippen molar-refractivity contribution in [1.82, 2.24) is 10.2 Å². The van der Waals surface area contributed by atoms with E-state index in [1.54, 1.807) is 0 Å². The van der Waals surface area contributed by atoms with Crippen LogP contribution in [0.3, 0.4) is 0 Å². The minimum absolute atomic E-state index is 0.615. The van der Waals surface area contributed by atoms with Crippen molar-refractivity contribution in [2.45, 2.75) is 31.8 Å². The fraction of sp³-hybridized carbons (Fsp3) is 0.647. The smallest absolute Gasteiger partial charge is 0.0491 e. The lowest BCUT2D eigenvalue weighted by Crippen LogP contribution is -2.47. The summed E-state index contributed by atoms with van der Waals surface area (Å²) in [6.45, 7) is 5.61. The molecule has 1 unspecified atom stereocenters. The maximum atomic E-state index is 5.27. The Balaban J connectivity index is 1.48. The molecule has 3 rings (SSSR count). The predicted molar refractivity (Wildman–Crippen MR) is 81.8 cm³/mol. The Morgan fingerprint density at radius 1 is 1.20 bits per heavy atom. The number of rotatable bonds is 4. The summed E-state index contributed by atoms with van der Waals surface area (Å²) >= 11 is 0. The molecule has 1 saturated heterocycles. The molecule has 1 aromatic rings. The standard InChI is InChI=1S/C17H26N2O/c1-20-13-14-6-8-19(9-7-14)12-17-10-15-4-2-3-5-16(15)11-18-17/h2-5,14,17-18H,6-13H2,1H3. The second-order valence-corrected chi connectivity index (χ2v) is 6.25. The van der Waals surface area contributed by atoms with Crippen LogP contribution in [0.1, 0.15) is 24.0 Å². The van der Waals surface area contributed by atoms with E-state index in [2.05, 4.69) is 34.5 Å². The molecule has 1 N–H and O–H groups in total. The third-order valence-electron chi connectivity index (χ3n) is 4.75. The monoisotopic (exact) mass is 274 g/mol. The number of likely N-dealkylation sites (tertiary alicyclic amines) is 1. The van der Waals surface area contributed by atoms with E-state index in [9.17, 15) is 0 Å². The first-order chi connectivity index (χ1) is 9.85. The molecule has 0 aliphatic carbocycles. The average molecular weight is 274 g/mol. The molecule has 20 heavy (non-hydrogen) atoms. The molecule has 3 heteroatoms. The largest absolute Gasteiger partial charge is 0.384 e. The van der Waals surface area contributed by atoms with Crippen molar-refractivity contribution in [3.8, 4) is 0 Å². The summed E-state index contributed by atoms with van der Waals surface area (Å²) < 4.78 is 5.27. The van der Waals surface area contributed by atoms with Crippen molar-refractivity contribution < 1.29 is 4.74 Å². The van der Waals surface area contributed by atoms with E-state index < -0.39 is 0 Å². The molecule has 3 nitrogen and oxygen atoms in total. The maximum absolute atomic E-state index is 5.27. The summed E-state index contributed by atoms with van der Waals surface area (Å²) in [6, 6.07) is 9.45. The van der Waals surface area contributed by atoms with Crippen LogP contribution >= 0.6 is 0 Å². The molecule has 2 heterocycles. The minimum Gasteiger partial charge on any atom is -0.384 e. The van der Waals surface area contributed by atoms with Crippen LogP contribution in [0.15, 0.2) is 24.3 Å². The van der Waals surface area contributed by atoms with Crippen molar-refractivity contribution in [3.05, 3.63) is 35.4 Å². The van der Waals surface area contributed by atoms with Gasteiger partial charge in [0.25, 0.3) is 0 Å². The minimum atomic E-state index is 0.615. The van der Waals surface area contributed by atoms with Gasteiger partial charge in [0, 0.05) is 32.8 Å². The Morgan fingerprint density at radius 3 is 2.70 bits per heavy atom. The van der Waals surface area contributed by atoms with Crippen molar-refractivity contribution in [3.63, 3.8) is 0 Å². The molecule has 1 aromatic carbocycles. The van der Waals surface area contributed by atoms with Crippen LogP contribution in [-0.4, -0.2) is 44.3 Å². The molecule has 0 radical (unpaired) electrons. The first kappa shape index (κ1) is 14.1. The third kappa shape index (κ3) is 3.40. The van der Waals surface area contributed by atoms with E-state index in [0.29, 0.717) is 6.04 Å². The van der Waals surface area contributed by atoms with E-state index in [0.717, 1.165) is 19.1 Å². The Hall–Kier alpha value is -0.900. The fourth-order valence-electron chi connectivity index (χ4n) is 3.53. The van der Waals surface area contributed by atoms with E-state index in [1.165, 1.54) is 50.0 Å². The first-order valence-electron chi connectivity index (χ1n) is 7.86. The van der Waals surface area contributed by atoms with Crippen LogP contribution in [0.4, 0.5) is 0 Å². The number of hydrogen-bond donors (Lipinski definition) is 1. The molecule has 1 fully saturated rings. The number of benzene rings is 1. The Bertz CT molecular complexity index is 427. The average Bonchev–Trinajstić information content (AvgIpc) is 2.49. The van der Waals surface area contributed by atoms with Crippen molar-refractivity contribution in [2.75, 3.05) is 33.4 Å². The predicted octanol–water partition coefficient (Wildman–Crippen LogP) is 2.06. The molecule has 0 amide bonds. The lowest BCUT2D eigenvalue weighted by molar-refractivity contribution is 0.0946. The van der Waals surface area contributed by atoms with Gasteiger partial charge in [-0.15, -0.1) is 0 Å². The summed E-state index contributed by atoms with van der Waals surface area (Å²) in [4.78, 5) is 2.62. The molecule has 2 aliphatic rings. The van der Waals surface area contributed by atoms with Crippen molar-refractivity contribution in [1.29, 1.82) is 0 Å². The lowest BCUT2D eigenvalue weighted by Gasteiger charge is -2.36.